The second-order valence-electron chi connectivity index (χ2n) is 10.2. The molecule has 0 amide bonds. The highest BCUT2D eigenvalue weighted by atomic mass is 32.2. The maximum atomic E-state index is 13.8. The predicted molar refractivity (Wildman–Crippen MR) is 139 cm³/mol. The Morgan fingerprint density at radius 2 is 1.31 bits per heavy atom. The molecule has 0 radical (unpaired) electrons. The van der Waals surface area contributed by atoms with Gasteiger partial charge in [0.2, 0.25) is 20.0 Å². The summed E-state index contributed by atoms with van der Waals surface area (Å²) in [6.45, 7) is 5.64. The predicted octanol–water partition coefficient (Wildman–Crippen LogP) is 5.51. The first-order valence-electron chi connectivity index (χ1n) is 12.9. The molecule has 6 nitrogen and oxygen atoms in total. The molecule has 8 heteroatoms. The van der Waals surface area contributed by atoms with Crippen LogP contribution in [0.2, 0.25) is 0 Å². The Morgan fingerprint density at radius 3 is 1.86 bits per heavy atom. The van der Waals surface area contributed by atoms with Gasteiger partial charge >= 0.3 is 0 Å². The van der Waals surface area contributed by atoms with Crippen LogP contribution in [0.4, 0.5) is 0 Å². The van der Waals surface area contributed by atoms with Crippen molar-refractivity contribution in [3.05, 3.63) is 59.7 Å². The highest BCUT2D eigenvalue weighted by Crippen LogP contribution is 2.31. The summed E-state index contributed by atoms with van der Waals surface area (Å²) >= 11 is 0. The molecule has 2 fully saturated rings. The summed E-state index contributed by atoms with van der Waals surface area (Å²) in [6.07, 6.45) is 7.56. The van der Waals surface area contributed by atoms with Crippen molar-refractivity contribution in [2.24, 2.45) is 0 Å². The van der Waals surface area contributed by atoms with Gasteiger partial charge in [-0.2, -0.15) is 8.61 Å². The fourth-order valence-electron chi connectivity index (χ4n) is 5.14. The van der Waals surface area contributed by atoms with E-state index in [1.54, 1.807) is 4.31 Å². The molecule has 1 aliphatic heterocycles. The third-order valence-corrected chi connectivity index (χ3v) is 11.2. The van der Waals surface area contributed by atoms with E-state index in [1.807, 2.05) is 12.1 Å². The standard InChI is InChI=1S/C27H38N2O4S2/c1-22(2)24-13-11-23(12-14-24)21-29(25-9-5-6-10-25)35(32,33)27-17-15-26(16-18-27)34(30,31)28-19-7-3-4-8-20-28/h11-18,22,25H,3-10,19-21H2,1-2H3. The van der Waals surface area contributed by atoms with E-state index >= 15 is 0 Å². The number of rotatable bonds is 8. The maximum absolute atomic E-state index is 13.8. The molecule has 1 saturated heterocycles. The van der Waals surface area contributed by atoms with Crippen LogP contribution in [0.1, 0.15) is 82.3 Å². The Morgan fingerprint density at radius 1 is 0.771 bits per heavy atom. The zero-order chi connectivity index (χ0) is 25.1. The Bertz CT molecular complexity index is 1180. The number of benzene rings is 2. The highest BCUT2D eigenvalue weighted by molar-refractivity contribution is 7.89. The zero-order valence-electron chi connectivity index (χ0n) is 20.9. The van der Waals surface area contributed by atoms with E-state index in [0.717, 1.165) is 56.9 Å². The lowest BCUT2D eigenvalue weighted by atomic mass is 10.0. The van der Waals surface area contributed by atoms with Gasteiger partial charge in [0.15, 0.2) is 0 Å². The van der Waals surface area contributed by atoms with Gasteiger partial charge in [-0.1, -0.05) is 63.8 Å². The average Bonchev–Trinajstić information content (AvgIpc) is 3.23. The third-order valence-electron chi connectivity index (χ3n) is 7.35. The van der Waals surface area contributed by atoms with Crippen LogP contribution in [0.3, 0.4) is 0 Å². The van der Waals surface area contributed by atoms with Crippen molar-refractivity contribution >= 4 is 20.0 Å². The fraction of sp³-hybridized carbons (Fsp3) is 0.556. The summed E-state index contributed by atoms with van der Waals surface area (Å²) in [5.41, 5.74) is 2.19. The largest absolute Gasteiger partial charge is 0.243 e. The fourth-order valence-corrected chi connectivity index (χ4v) is 8.33. The summed E-state index contributed by atoms with van der Waals surface area (Å²) < 4.78 is 57.0. The van der Waals surface area contributed by atoms with E-state index in [-0.39, 0.29) is 15.8 Å². The first-order valence-corrected chi connectivity index (χ1v) is 15.8. The maximum Gasteiger partial charge on any atom is 0.243 e. The van der Waals surface area contributed by atoms with Crippen molar-refractivity contribution in [2.45, 2.75) is 93.5 Å². The smallest absolute Gasteiger partial charge is 0.207 e. The van der Waals surface area contributed by atoms with Crippen molar-refractivity contribution in [1.29, 1.82) is 0 Å². The topological polar surface area (TPSA) is 74.8 Å². The zero-order valence-corrected chi connectivity index (χ0v) is 22.5. The molecule has 0 N–H and O–H groups in total. The van der Waals surface area contributed by atoms with Gasteiger partial charge in [0.1, 0.15) is 0 Å². The minimum absolute atomic E-state index is 0.0368. The minimum atomic E-state index is -3.78. The van der Waals surface area contributed by atoms with E-state index in [0.29, 0.717) is 25.6 Å². The van der Waals surface area contributed by atoms with Crippen molar-refractivity contribution < 1.29 is 16.8 Å². The number of hydrogen-bond acceptors (Lipinski definition) is 4. The van der Waals surface area contributed by atoms with Gasteiger partial charge in [0.25, 0.3) is 0 Å². The van der Waals surface area contributed by atoms with Gasteiger partial charge in [-0.25, -0.2) is 16.8 Å². The highest BCUT2D eigenvalue weighted by Gasteiger charge is 2.34. The Balaban J connectivity index is 1.59. The lowest BCUT2D eigenvalue weighted by Crippen LogP contribution is -2.38. The summed E-state index contributed by atoms with van der Waals surface area (Å²) in [7, 11) is -7.40. The average molecular weight is 519 g/mol. The lowest BCUT2D eigenvalue weighted by molar-refractivity contribution is 0.316. The van der Waals surface area contributed by atoms with Crippen molar-refractivity contribution in [1.82, 2.24) is 8.61 Å². The van der Waals surface area contributed by atoms with Crippen LogP contribution in [0.25, 0.3) is 0 Å². The van der Waals surface area contributed by atoms with Gasteiger partial charge in [0, 0.05) is 25.7 Å². The molecule has 0 spiro atoms. The van der Waals surface area contributed by atoms with Crippen LogP contribution < -0.4 is 0 Å². The molecule has 1 aliphatic carbocycles. The normalized spacial score (nSPS) is 18.9. The van der Waals surface area contributed by atoms with Crippen LogP contribution >= 0.6 is 0 Å². The molecule has 4 rings (SSSR count). The van der Waals surface area contributed by atoms with Crippen LogP contribution in [-0.4, -0.2) is 44.6 Å². The Hall–Kier alpha value is -1.74. The number of sulfonamides is 2. The van der Waals surface area contributed by atoms with Crippen molar-refractivity contribution in [2.75, 3.05) is 13.1 Å². The van der Waals surface area contributed by atoms with E-state index in [4.69, 9.17) is 0 Å². The van der Waals surface area contributed by atoms with Crippen molar-refractivity contribution in [3.63, 3.8) is 0 Å². The van der Waals surface area contributed by atoms with Crippen LogP contribution in [-0.2, 0) is 26.6 Å². The number of nitrogens with zero attached hydrogens (tertiary/aromatic N) is 2. The van der Waals surface area contributed by atoms with Gasteiger partial charge < -0.3 is 0 Å². The van der Waals surface area contributed by atoms with Gasteiger partial charge in [-0.15, -0.1) is 0 Å². The molecule has 2 aliphatic rings. The van der Waals surface area contributed by atoms with E-state index in [2.05, 4.69) is 26.0 Å². The van der Waals surface area contributed by atoms with Crippen LogP contribution in [0.5, 0.6) is 0 Å². The molecule has 0 bridgehead atoms. The molecule has 1 saturated carbocycles. The Kier molecular flexibility index (Phi) is 8.36. The quantitative estimate of drug-likeness (QED) is 0.462. The molecule has 0 atom stereocenters. The second-order valence-corrected chi connectivity index (χ2v) is 14.0. The lowest BCUT2D eigenvalue weighted by Gasteiger charge is -2.28. The molecule has 35 heavy (non-hydrogen) atoms. The monoisotopic (exact) mass is 518 g/mol. The van der Waals surface area contributed by atoms with Gasteiger partial charge in [-0.3, -0.25) is 0 Å². The SMILES string of the molecule is CC(C)c1ccc(CN(C2CCCC2)S(=O)(=O)c2ccc(S(=O)(=O)N3CCCCCC3)cc2)cc1. The first kappa shape index (κ1) is 26.3. The van der Waals surface area contributed by atoms with E-state index in [1.165, 1.54) is 34.1 Å². The van der Waals surface area contributed by atoms with E-state index < -0.39 is 20.0 Å². The van der Waals surface area contributed by atoms with Crippen molar-refractivity contribution in [3.8, 4) is 0 Å². The minimum Gasteiger partial charge on any atom is -0.207 e. The molecule has 2 aromatic carbocycles. The Labute approximate surface area is 211 Å². The molecular formula is C27H38N2O4S2. The molecule has 0 unspecified atom stereocenters. The summed E-state index contributed by atoms with van der Waals surface area (Å²) in [5, 5.41) is 0. The van der Waals surface area contributed by atoms with Gasteiger partial charge in [-0.05, 0) is 67.0 Å². The van der Waals surface area contributed by atoms with E-state index in [9.17, 15) is 16.8 Å². The first-order chi connectivity index (χ1) is 16.7. The molecule has 2 aromatic rings. The number of hydrogen-bond donors (Lipinski definition) is 0. The summed E-state index contributed by atoms with van der Waals surface area (Å²) in [4.78, 5) is 0.313. The molecular weight excluding hydrogens is 480 g/mol. The summed E-state index contributed by atoms with van der Waals surface area (Å²) in [6, 6.07) is 14.0. The molecule has 0 aromatic heterocycles. The van der Waals surface area contributed by atoms with Crippen LogP contribution in [0, 0.1) is 0 Å². The molecule has 1 heterocycles. The molecule has 192 valence electrons. The van der Waals surface area contributed by atoms with Gasteiger partial charge in [0.05, 0.1) is 9.79 Å². The van der Waals surface area contributed by atoms with Crippen LogP contribution in [0.15, 0.2) is 58.3 Å². The third kappa shape index (κ3) is 5.98. The summed E-state index contributed by atoms with van der Waals surface area (Å²) in [5.74, 6) is 0.419. The second kappa shape index (κ2) is 11.1.